The molecule has 9 nitrogen and oxygen atoms in total. The van der Waals surface area contributed by atoms with Gasteiger partial charge in [-0.3, -0.25) is 4.79 Å². The van der Waals surface area contributed by atoms with Gasteiger partial charge in [-0.05, 0) is 65.7 Å². The molecule has 0 aliphatic carbocycles. The van der Waals surface area contributed by atoms with Crippen LogP contribution >= 0.6 is 15.9 Å². The maximum Gasteiger partial charge on any atom is 0.267 e. The molecule has 0 bridgehead atoms. The van der Waals surface area contributed by atoms with Gasteiger partial charge in [0.2, 0.25) is 0 Å². The molecule has 0 aliphatic rings. The van der Waals surface area contributed by atoms with Crippen molar-refractivity contribution in [3.63, 3.8) is 0 Å². The van der Waals surface area contributed by atoms with Crippen molar-refractivity contribution in [1.29, 1.82) is 5.26 Å². The lowest BCUT2D eigenvalue weighted by Crippen LogP contribution is -2.13. The van der Waals surface area contributed by atoms with E-state index in [-0.39, 0.29) is 24.6 Å². The van der Waals surface area contributed by atoms with Crippen molar-refractivity contribution in [1.82, 2.24) is 5.16 Å². The van der Waals surface area contributed by atoms with E-state index < -0.39 is 5.91 Å². The van der Waals surface area contributed by atoms with Gasteiger partial charge in [-0.1, -0.05) is 17.3 Å². The molecule has 1 amide bonds. The molecule has 2 aromatic carbocycles. The average molecular weight is 542 g/mol. The number of aryl methyl sites for hydroxylation is 1. The number of carbonyl (C=O) groups excluding carboxylic acids is 1. The van der Waals surface area contributed by atoms with E-state index in [1.807, 2.05) is 37.3 Å². The molecule has 0 fully saturated rings. The quantitative estimate of drug-likeness (QED) is 0.201. The number of methoxy groups -OCH3 is 1. The van der Waals surface area contributed by atoms with Gasteiger partial charge in [-0.2, -0.15) is 5.26 Å². The SMILES string of the molecule is CCOc1cc(C=C(C#N)C(=O)Nc2cc(C)on2)cc(Br)c1OCCOc1ccccc1OC. The van der Waals surface area contributed by atoms with Crippen LogP contribution in [0.25, 0.3) is 6.08 Å². The van der Waals surface area contributed by atoms with Gasteiger partial charge in [-0.15, -0.1) is 0 Å². The summed E-state index contributed by atoms with van der Waals surface area (Å²) in [5.41, 5.74) is 0.458. The number of carbonyl (C=O) groups is 1. The highest BCUT2D eigenvalue weighted by Gasteiger charge is 2.16. The number of aromatic nitrogens is 1. The lowest BCUT2D eigenvalue weighted by molar-refractivity contribution is -0.112. The summed E-state index contributed by atoms with van der Waals surface area (Å²) in [4.78, 5) is 12.5. The second-order valence-corrected chi connectivity index (χ2v) is 7.91. The Morgan fingerprint density at radius 3 is 2.54 bits per heavy atom. The molecule has 0 radical (unpaired) electrons. The average Bonchev–Trinajstić information content (AvgIpc) is 3.26. The Balaban J connectivity index is 1.72. The Kier molecular flexibility index (Phi) is 9.15. The van der Waals surface area contributed by atoms with Gasteiger partial charge in [-0.25, -0.2) is 0 Å². The highest BCUT2D eigenvalue weighted by Crippen LogP contribution is 2.37. The lowest BCUT2D eigenvalue weighted by atomic mass is 10.1. The number of amides is 1. The zero-order valence-electron chi connectivity index (χ0n) is 19.5. The molecule has 1 N–H and O–H groups in total. The summed E-state index contributed by atoms with van der Waals surface area (Å²) in [5.74, 6) is 2.34. The fourth-order valence-electron chi connectivity index (χ4n) is 3.03. The Bertz CT molecular complexity index is 1250. The maximum atomic E-state index is 12.5. The molecule has 0 saturated carbocycles. The Morgan fingerprint density at radius 1 is 1.14 bits per heavy atom. The molecular formula is C25H24BrN3O6. The number of anilines is 1. The summed E-state index contributed by atoms with van der Waals surface area (Å²) in [6, 6.07) is 14.2. The monoisotopic (exact) mass is 541 g/mol. The third kappa shape index (κ3) is 7.01. The van der Waals surface area contributed by atoms with Crippen LogP contribution < -0.4 is 24.3 Å². The van der Waals surface area contributed by atoms with E-state index in [0.717, 1.165) is 0 Å². The number of hydrogen-bond acceptors (Lipinski definition) is 8. The van der Waals surface area contributed by atoms with Crippen molar-refractivity contribution in [2.45, 2.75) is 13.8 Å². The minimum absolute atomic E-state index is 0.112. The van der Waals surface area contributed by atoms with Gasteiger partial charge in [0.15, 0.2) is 28.8 Å². The van der Waals surface area contributed by atoms with Gasteiger partial charge in [0.1, 0.15) is 30.6 Å². The molecule has 0 aliphatic heterocycles. The second kappa shape index (κ2) is 12.5. The van der Waals surface area contributed by atoms with Crippen LogP contribution in [0, 0.1) is 18.3 Å². The molecule has 10 heteroatoms. The topological polar surface area (TPSA) is 116 Å². The van der Waals surface area contributed by atoms with E-state index in [1.165, 1.54) is 6.08 Å². The first-order chi connectivity index (χ1) is 16.9. The van der Waals surface area contributed by atoms with Crippen LogP contribution in [0.1, 0.15) is 18.2 Å². The number of para-hydroxylation sites is 2. The van der Waals surface area contributed by atoms with Gasteiger partial charge >= 0.3 is 0 Å². The molecule has 182 valence electrons. The number of ether oxygens (including phenoxy) is 4. The Hall–Kier alpha value is -3.97. The number of nitrogens with one attached hydrogen (secondary N) is 1. The molecule has 0 saturated heterocycles. The third-order valence-electron chi connectivity index (χ3n) is 4.53. The van der Waals surface area contributed by atoms with Crippen molar-refractivity contribution in [3.05, 3.63) is 63.8 Å². The van der Waals surface area contributed by atoms with Gasteiger partial charge in [0.05, 0.1) is 18.2 Å². The molecule has 0 atom stereocenters. The molecular weight excluding hydrogens is 518 g/mol. The first kappa shape index (κ1) is 25.6. The smallest absolute Gasteiger partial charge is 0.267 e. The zero-order chi connectivity index (χ0) is 25.2. The molecule has 3 rings (SSSR count). The van der Waals surface area contributed by atoms with E-state index in [0.29, 0.717) is 45.4 Å². The number of nitrogens with zero attached hydrogens (tertiary/aromatic N) is 2. The molecule has 35 heavy (non-hydrogen) atoms. The highest BCUT2D eigenvalue weighted by atomic mass is 79.9. The van der Waals surface area contributed by atoms with Crippen LogP contribution in [0.3, 0.4) is 0 Å². The first-order valence-electron chi connectivity index (χ1n) is 10.7. The summed E-state index contributed by atoms with van der Waals surface area (Å²) in [6.45, 7) is 4.46. The Morgan fingerprint density at radius 2 is 1.89 bits per heavy atom. The van der Waals surface area contributed by atoms with E-state index in [2.05, 4.69) is 26.4 Å². The van der Waals surface area contributed by atoms with Gasteiger partial charge < -0.3 is 28.8 Å². The van der Waals surface area contributed by atoms with E-state index in [9.17, 15) is 10.1 Å². The number of hydrogen-bond donors (Lipinski definition) is 1. The largest absolute Gasteiger partial charge is 0.493 e. The normalized spacial score (nSPS) is 10.9. The molecule has 3 aromatic rings. The fraction of sp³-hybridized carbons (Fsp3) is 0.240. The zero-order valence-corrected chi connectivity index (χ0v) is 21.0. The van der Waals surface area contributed by atoms with Crippen LogP contribution in [-0.4, -0.2) is 38.0 Å². The van der Waals surface area contributed by atoms with Crippen molar-refractivity contribution in [2.24, 2.45) is 0 Å². The second-order valence-electron chi connectivity index (χ2n) is 7.06. The van der Waals surface area contributed by atoms with E-state index >= 15 is 0 Å². The van der Waals surface area contributed by atoms with Crippen molar-refractivity contribution >= 4 is 33.7 Å². The summed E-state index contributed by atoms with van der Waals surface area (Å²) >= 11 is 3.49. The number of rotatable bonds is 11. The molecule has 1 heterocycles. The van der Waals surface area contributed by atoms with Crippen LogP contribution in [0.2, 0.25) is 0 Å². The van der Waals surface area contributed by atoms with Crippen LogP contribution in [0.5, 0.6) is 23.0 Å². The summed E-state index contributed by atoms with van der Waals surface area (Å²) < 4.78 is 28.2. The number of benzene rings is 2. The third-order valence-corrected chi connectivity index (χ3v) is 5.12. The molecule has 1 aromatic heterocycles. The first-order valence-corrected chi connectivity index (χ1v) is 11.5. The van der Waals surface area contributed by atoms with Crippen LogP contribution in [0.15, 0.2) is 57.0 Å². The predicted octanol–water partition coefficient (Wildman–Crippen LogP) is 5.16. The van der Waals surface area contributed by atoms with E-state index in [1.54, 1.807) is 32.2 Å². The predicted molar refractivity (Wildman–Crippen MR) is 133 cm³/mol. The Labute approximate surface area is 211 Å². The molecule has 0 unspecified atom stereocenters. The van der Waals surface area contributed by atoms with Gasteiger partial charge in [0, 0.05) is 6.07 Å². The lowest BCUT2D eigenvalue weighted by Gasteiger charge is -2.15. The minimum Gasteiger partial charge on any atom is -0.493 e. The van der Waals surface area contributed by atoms with Crippen molar-refractivity contribution in [2.75, 3.05) is 32.2 Å². The standard InChI is InChI=1S/C25H24BrN3O6/c1-4-32-22-14-17(12-18(15-27)25(30)28-23-11-16(2)35-29-23)13-19(26)24(22)34-10-9-33-21-8-6-5-7-20(21)31-3/h5-8,11-14H,4,9-10H2,1-3H3,(H,28,29,30). The van der Waals surface area contributed by atoms with Gasteiger partial charge in [0.25, 0.3) is 5.91 Å². The van der Waals surface area contributed by atoms with E-state index in [4.69, 9.17) is 23.5 Å². The van der Waals surface area contributed by atoms with Crippen LogP contribution in [-0.2, 0) is 4.79 Å². The fourth-order valence-corrected chi connectivity index (χ4v) is 3.61. The summed E-state index contributed by atoms with van der Waals surface area (Å²) in [5, 5.41) is 15.7. The minimum atomic E-state index is -0.608. The van der Waals surface area contributed by atoms with Crippen molar-refractivity contribution < 1.29 is 28.3 Å². The summed E-state index contributed by atoms with van der Waals surface area (Å²) in [6.07, 6.45) is 1.45. The highest BCUT2D eigenvalue weighted by molar-refractivity contribution is 9.10. The van der Waals surface area contributed by atoms with Crippen molar-refractivity contribution in [3.8, 4) is 29.1 Å². The molecule has 0 spiro atoms. The maximum absolute atomic E-state index is 12.5. The number of halogens is 1. The van der Waals surface area contributed by atoms with Crippen LogP contribution in [0.4, 0.5) is 5.82 Å². The number of nitriles is 1. The summed E-state index contributed by atoms with van der Waals surface area (Å²) in [7, 11) is 1.58.